The molecule has 27 heavy (non-hydrogen) atoms. The van der Waals surface area contributed by atoms with E-state index in [1.807, 2.05) is 48.5 Å². The largest absolute Gasteiger partial charge is 0.494 e. The number of ether oxygens (including phenoxy) is 3. The summed E-state index contributed by atoms with van der Waals surface area (Å²) in [5.74, 6) is 3.29. The maximum atomic E-state index is 5.74. The second-order valence-corrected chi connectivity index (χ2v) is 6.20. The number of benzene rings is 2. The fourth-order valence-corrected chi connectivity index (χ4v) is 2.71. The average Bonchev–Trinajstić information content (AvgIpc) is 2.96. The number of nitrogens with zero attached hydrogens (tertiary/aromatic N) is 1. The van der Waals surface area contributed by atoms with Crippen LogP contribution in [0.1, 0.15) is 18.4 Å². The SMILES string of the molecule is CN=C(NCCCOc1ccccc1)NCc1ccc2c(c1)OCCCO2. The summed E-state index contributed by atoms with van der Waals surface area (Å²) < 4.78 is 17.1. The minimum Gasteiger partial charge on any atom is -0.494 e. The van der Waals surface area contributed by atoms with E-state index in [0.717, 1.165) is 48.2 Å². The van der Waals surface area contributed by atoms with Gasteiger partial charge in [0, 0.05) is 26.6 Å². The van der Waals surface area contributed by atoms with Gasteiger partial charge in [-0.3, -0.25) is 4.99 Å². The summed E-state index contributed by atoms with van der Waals surface area (Å²) in [6, 6.07) is 15.9. The molecule has 0 atom stereocenters. The summed E-state index contributed by atoms with van der Waals surface area (Å²) >= 11 is 0. The molecule has 2 N–H and O–H groups in total. The van der Waals surface area contributed by atoms with Gasteiger partial charge in [0.1, 0.15) is 5.75 Å². The summed E-state index contributed by atoms with van der Waals surface area (Å²) in [4.78, 5) is 4.26. The molecule has 6 nitrogen and oxygen atoms in total. The number of hydrogen-bond donors (Lipinski definition) is 2. The molecule has 0 amide bonds. The first kappa shape index (κ1) is 18.9. The third-order valence-electron chi connectivity index (χ3n) is 4.12. The van der Waals surface area contributed by atoms with Crippen molar-refractivity contribution in [2.75, 3.05) is 33.4 Å². The highest BCUT2D eigenvalue weighted by Crippen LogP contribution is 2.30. The van der Waals surface area contributed by atoms with Crippen molar-refractivity contribution in [1.82, 2.24) is 10.6 Å². The monoisotopic (exact) mass is 369 g/mol. The molecule has 1 aliphatic heterocycles. The van der Waals surface area contributed by atoms with Crippen molar-refractivity contribution in [1.29, 1.82) is 0 Å². The molecule has 1 aliphatic rings. The maximum absolute atomic E-state index is 5.74. The molecule has 0 spiro atoms. The van der Waals surface area contributed by atoms with E-state index >= 15 is 0 Å². The topological polar surface area (TPSA) is 64.1 Å². The molecule has 0 bridgehead atoms. The van der Waals surface area contributed by atoms with Crippen LogP contribution in [-0.2, 0) is 6.54 Å². The van der Waals surface area contributed by atoms with Crippen LogP contribution in [0.3, 0.4) is 0 Å². The highest BCUT2D eigenvalue weighted by atomic mass is 16.5. The van der Waals surface area contributed by atoms with Crippen LogP contribution in [0.2, 0.25) is 0 Å². The van der Waals surface area contributed by atoms with Crippen LogP contribution in [0, 0.1) is 0 Å². The Labute approximate surface area is 160 Å². The third-order valence-corrected chi connectivity index (χ3v) is 4.12. The quantitative estimate of drug-likeness (QED) is 0.446. The fraction of sp³-hybridized carbons (Fsp3) is 0.381. The van der Waals surface area contributed by atoms with Gasteiger partial charge in [-0.1, -0.05) is 24.3 Å². The van der Waals surface area contributed by atoms with Crippen molar-refractivity contribution < 1.29 is 14.2 Å². The van der Waals surface area contributed by atoms with E-state index in [9.17, 15) is 0 Å². The van der Waals surface area contributed by atoms with Crippen molar-refractivity contribution in [2.45, 2.75) is 19.4 Å². The smallest absolute Gasteiger partial charge is 0.191 e. The van der Waals surface area contributed by atoms with Gasteiger partial charge < -0.3 is 24.8 Å². The molecule has 0 aliphatic carbocycles. The van der Waals surface area contributed by atoms with Crippen molar-refractivity contribution in [2.24, 2.45) is 4.99 Å². The van der Waals surface area contributed by atoms with Crippen molar-refractivity contribution in [3.05, 3.63) is 54.1 Å². The zero-order valence-corrected chi connectivity index (χ0v) is 15.7. The minimum absolute atomic E-state index is 0.663. The lowest BCUT2D eigenvalue weighted by Crippen LogP contribution is -2.37. The highest BCUT2D eigenvalue weighted by Gasteiger charge is 2.10. The molecule has 2 aromatic carbocycles. The number of hydrogen-bond acceptors (Lipinski definition) is 4. The standard InChI is InChI=1S/C21H27N3O3/c1-22-21(23-11-5-12-25-18-7-3-2-4-8-18)24-16-17-9-10-19-20(15-17)27-14-6-13-26-19/h2-4,7-10,15H,5-6,11-14,16H2,1H3,(H2,22,23,24). The van der Waals surface area contributed by atoms with Gasteiger partial charge >= 0.3 is 0 Å². The first-order chi connectivity index (χ1) is 13.3. The Morgan fingerprint density at radius 1 is 1.04 bits per heavy atom. The number of aliphatic imine (C=N–C) groups is 1. The Morgan fingerprint density at radius 3 is 2.67 bits per heavy atom. The number of rotatable bonds is 7. The molecule has 0 radical (unpaired) electrons. The Hall–Kier alpha value is -2.89. The normalized spacial score (nSPS) is 13.6. The summed E-state index contributed by atoms with van der Waals surface area (Å²) in [6.07, 6.45) is 1.80. The van der Waals surface area contributed by atoms with Gasteiger partial charge in [-0.05, 0) is 36.2 Å². The number of fused-ring (bicyclic) bond motifs is 1. The molecule has 2 aromatic rings. The number of para-hydroxylation sites is 1. The molecular weight excluding hydrogens is 342 g/mol. The van der Waals surface area contributed by atoms with Gasteiger partial charge in [-0.15, -0.1) is 0 Å². The van der Waals surface area contributed by atoms with E-state index in [1.54, 1.807) is 7.05 Å². The molecule has 3 rings (SSSR count). The maximum Gasteiger partial charge on any atom is 0.191 e. The van der Waals surface area contributed by atoms with Crippen LogP contribution < -0.4 is 24.8 Å². The number of nitrogens with one attached hydrogen (secondary N) is 2. The predicted molar refractivity (Wildman–Crippen MR) is 107 cm³/mol. The first-order valence-corrected chi connectivity index (χ1v) is 9.36. The first-order valence-electron chi connectivity index (χ1n) is 9.36. The predicted octanol–water partition coefficient (Wildman–Crippen LogP) is 2.98. The van der Waals surface area contributed by atoms with Gasteiger partial charge in [0.2, 0.25) is 0 Å². The van der Waals surface area contributed by atoms with E-state index in [0.29, 0.717) is 26.4 Å². The van der Waals surface area contributed by atoms with Crippen LogP contribution in [0.25, 0.3) is 0 Å². The van der Waals surface area contributed by atoms with E-state index in [-0.39, 0.29) is 0 Å². The van der Waals surface area contributed by atoms with Crippen molar-refractivity contribution in [3.63, 3.8) is 0 Å². The highest BCUT2D eigenvalue weighted by molar-refractivity contribution is 5.79. The Bertz CT molecular complexity index is 735. The molecule has 0 fully saturated rings. The van der Waals surface area contributed by atoms with E-state index in [2.05, 4.69) is 15.6 Å². The van der Waals surface area contributed by atoms with Crippen LogP contribution in [0.5, 0.6) is 17.2 Å². The summed E-state index contributed by atoms with van der Waals surface area (Å²) in [5, 5.41) is 6.62. The third kappa shape index (κ3) is 6.09. The van der Waals surface area contributed by atoms with E-state index < -0.39 is 0 Å². The van der Waals surface area contributed by atoms with Crippen LogP contribution in [-0.4, -0.2) is 39.4 Å². The van der Waals surface area contributed by atoms with Gasteiger partial charge in [-0.25, -0.2) is 0 Å². The van der Waals surface area contributed by atoms with E-state index in [1.165, 1.54) is 0 Å². The lowest BCUT2D eigenvalue weighted by Gasteiger charge is -2.13. The van der Waals surface area contributed by atoms with Crippen LogP contribution in [0.15, 0.2) is 53.5 Å². The second kappa shape index (κ2) is 10.3. The number of guanidine groups is 1. The molecule has 0 saturated heterocycles. The summed E-state index contributed by atoms with van der Waals surface area (Å²) in [5.41, 5.74) is 1.12. The van der Waals surface area contributed by atoms with Crippen LogP contribution >= 0.6 is 0 Å². The zero-order valence-electron chi connectivity index (χ0n) is 15.7. The van der Waals surface area contributed by atoms with E-state index in [4.69, 9.17) is 14.2 Å². The Morgan fingerprint density at radius 2 is 1.85 bits per heavy atom. The molecule has 0 aromatic heterocycles. The molecular formula is C21H27N3O3. The zero-order chi connectivity index (χ0) is 18.7. The fourth-order valence-electron chi connectivity index (χ4n) is 2.71. The molecule has 1 heterocycles. The van der Waals surface area contributed by atoms with Crippen molar-refractivity contribution in [3.8, 4) is 17.2 Å². The summed E-state index contributed by atoms with van der Waals surface area (Å²) in [7, 11) is 1.77. The summed E-state index contributed by atoms with van der Waals surface area (Å²) in [6.45, 7) is 3.51. The lowest BCUT2D eigenvalue weighted by molar-refractivity contribution is 0.297. The molecule has 144 valence electrons. The average molecular weight is 369 g/mol. The second-order valence-electron chi connectivity index (χ2n) is 6.20. The van der Waals surface area contributed by atoms with Crippen LogP contribution in [0.4, 0.5) is 0 Å². The van der Waals surface area contributed by atoms with Crippen molar-refractivity contribution >= 4 is 5.96 Å². The molecule has 0 saturated carbocycles. The lowest BCUT2D eigenvalue weighted by atomic mass is 10.2. The van der Waals surface area contributed by atoms with Gasteiger partial charge in [0.05, 0.1) is 19.8 Å². The Kier molecular flexibility index (Phi) is 7.21. The molecule has 6 heteroatoms. The van der Waals surface area contributed by atoms with Gasteiger partial charge in [-0.2, -0.15) is 0 Å². The Balaban J connectivity index is 1.38. The van der Waals surface area contributed by atoms with Gasteiger partial charge in [0.15, 0.2) is 17.5 Å². The molecule has 0 unspecified atom stereocenters. The van der Waals surface area contributed by atoms with Gasteiger partial charge in [0.25, 0.3) is 0 Å². The minimum atomic E-state index is 0.663.